The lowest BCUT2D eigenvalue weighted by atomic mass is 9.91. The Morgan fingerprint density at radius 3 is 1.92 bits per heavy atom. The Hall–Kier alpha value is -0.0400. The third-order valence-electron chi connectivity index (χ3n) is 2.53. The second-order valence-corrected chi connectivity index (χ2v) is 5.06. The van der Waals surface area contributed by atoms with Crippen LogP contribution in [0.25, 0.3) is 0 Å². The Kier molecular flexibility index (Phi) is 7.35. The fourth-order valence-electron chi connectivity index (χ4n) is 1.81. The predicted octanol–water partition coefficient (Wildman–Crippen LogP) is 3.43. The van der Waals surface area contributed by atoms with Gasteiger partial charge in [0, 0.05) is 0 Å². The van der Waals surface area contributed by atoms with E-state index in [4.69, 9.17) is 5.73 Å². The van der Waals surface area contributed by atoms with Gasteiger partial charge in [-0.3, -0.25) is 0 Å². The highest BCUT2D eigenvalue weighted by molar-refractivity contribution is 4.63. The molecule has 1 heteroatoms. The Balaban J connectivity index is 3.48. The van der Waals surface area contributed by atoms with E-state index in [1.54, 1.807) is 0 Å². The highest BCUT2D eigenvalue weighted by atomic mass is 14.5. The SMILES string of the molecule is CC(C)CCCC(CN)CC(C)C. The number of hydrogen-bond donors (Lipinski definition) is 1. The minimum atomic E-state index is 0.763. The molecule has 0 aromatic heterocycles. The molecule has 0 amide bonds. The molecule has 0 bridgehead atoms. The van der Waals surface area contributed by atoms with Crippen LogP contribution in [0.5, 0.6) is 0 Å². The number of nitrogens with two attached hydrogens (primary N) is 1. The maximum Gasteiger partial charge on any atom is -0.00488 e. The fourth-order valence-corrected chi connectivity index (χ4v) is 1.81. The van der Waals surface area contributed by atoms with E-state index in [2.05, 4.69) is 27.7 Å². The van der Waals surface area contributed by atoms with E-state index in [0.29, 0.717) is 0 Å². The maximum absolute atomic E-state index is 5.74. The summed E-state index contributed by atoms with van der Waals surface area (Å²) >= 11 is 0. The smallest absolute Gasteiger partial charge is 0.00488 e. The summed E-state index contributed by atoms with van der Waals surface area (Å²) in [6.07, 6.45) is 5.34. The standard InChI is InChI=1S/C12H27N/c1-10(2)6-5-7-12(9-13)8-11(3)4/h10-12H,5-9,13H2,1-4H3. The van der Waals surface area contributed by atoms with Gasteiger partial charge in [-0.25, -0.2) is 0 Å². The van der Waals surface area contributed by atoms with Crippen LogP contribution in [-0.2, 0) is 0 Å². The molecule has 0 spiro atoms. The van der Waals surface area contributed by atoms with Gasteiger partial charge in [-0.05, 0) is 37.1 Å². The summed E-state index contributed by atoms with van der Waals surface area (Å²) in [5, 5.41) is 0. The first-order valence-electron chi connectivity index (χ1n) is 5.76. The molecule has 0 aliphatic rings. The zero-order valence-electron chi connectivity index (χ0n) is 9.84. The molecule has 1 atom stereocenters. The second kappa shape index (κ2) is 7.37. The van der Waals surface area contributed by atoms with E-state index in [0.717, 1.165) is 24.3 Å². The average Bonchev–Trinajstić information content (AvgIpc) is 2.01. The van der Waals surface area contributed by atoms with Crippen LogP contribution in [0, 0.1) is 17.8 Å². The van der Waals surface area contributed by atoms with Crippen LogP contribution in [0.4, 0.5) is 0 Å². The summed E-state index contributed by atoms with van der Waals surface area (Å²) in [5.41, 5.74) is 5.74. The fraction of sp³-hybridized carbons (Fsp3) is 1.00. The summed E-state index contributed by atoms with van der Waals surface area (Å²) in [6.45, 7) is 10.0. The molecule has 0 aromatic rings. The van der Waals surface area contributed by atoms with Gasteiger partial charge in [0.15, 0.2) is 0 Å². The quantitative estimate of drug-likeness (QED) is 0.646. The third-order valence-corrected chi connectivity index (χ3v) is 2.53. The monoisotopic (exact) mass is 185 g/mol. The molecule has 0 aliphatic carbocycles. The lowest BCUT2D eigenvalue weighted by Crippen LogP contribution is -2.16. The van der Waals surface area contributed by atoms with Crippen molar-refractivity contribution in [1.29, 1.82) is 0 Å². The van der Waals surface area contributed by atoms with Crippen LogP contribution < -0.4 is 5.73 Å². The lowest BCUT2D eigenvalue weighted by Gasteiger charge is -2.17. The molecule has 0 radical (unpaired) electrons. The van der Waals surface area contributed by atoms with E-state index in [9.17, 15) is 0 Å². The first-order chi connectivity index (χ1) is 6.06. The Morgan fingerprint density at radius 2 is 1.54 bits per heavy atom. The van der Waals surface area contributed by atoms with E-state index >= 15 is 0 Å². The molecule has 0 aliphatic heterocycles. The zero-order valence-corrected chi connectivity index (χ0v) is 9.84. The van der Waals surface area contributed by atoms with Gasteiger partial charge in [0.05, 0.1) is 0 Å². The van der Waals surface area contributed by atoms with E-state index in [1.807, 2.05) is 0 Å². The van der Waals surface area contributed by atoms with Crippen LogP contribution in [0.15, 0.2) is 0 Å². The molecular weight excluding hydrogens is 158 g/mol. The predicted molar refractivity (Wildman–Crippen MR) is 60.7 cm³/mol. The molecule has 0 fully saturated rings. The summed E-state index contributed by atoms with van der Waals surface area (Å²) < 4.78 is 0. The van der Waals surface area contributed by atoms with Gasteiger partial charge in [-0.1, -0.05) is 40.5 Å². The number of hydrogen-bond acceptors (Lipinski definition) is 1. The summed E-state index contributed by atoms with van der Waals surface area (Å²) in [6, 6.07) is 0. The van der Waals surface area contributed by atoms with Gasteiger partial charge < -0.3 is 5.73 Å². The lowest BCUT2D eigenvalue weighted by molar-refractivity contribution is 0.370. The summed E-state index contributed by atoms with van der Waals surface area (Å²) in [5.74, 6) is 2.41. The Bertz CT molecular complexity index is 108. The van der Waals surface area contributed by atoms with Crippen LogP contribution in [-0.4, -0.2) is 6.54 Å². The topological polar surface area (TPSA) is 26.0 Å². The van der Waals surface area contributed by atoms with Crippen molar-refractivity contribution in [1.82, 2.24) is 0 Å². The van der Waals surface area contributed by atoms with Crippen LogP contribution in [0.1, 0.15) is 53.4 Å². The van der Waals surface area contributed by atoms with Crippen molar-refractivity contribution in [2.75, 3.05) is 6.54 Å². The van der Waals surface area contributed by atoms with E-state index in [-0.39, 0.29) is 0 Å². The molecule has 0 saturated heterocycles. The van der Waals surface area contributed by atoms with Crippen LogP contribution in [0.3, 0.4) is 0 Å². The van der Waals surface area contributed by atoms with Crippen molar-refractivity contribution in [3.05, 3.63) is 0 Å². The molecule has 1 unspecified atom stereocenters. The number of rotatable bonds is 7. The zero-order chi connectivity index (χ0) is 10.3. The van der Waals surface area contributed by atoms with Crippen molar-refractivity contribution in [2.24, 2.45) is 23.5 Å². The van der Waals surface area contributed by atoms with Crippen molar-refractivity contribution >= 4 is 0 Å². The summed E-state index contributed by atoms with van der Waals surface area (Å²) in [7, 11) is 0. The van der Waals surface area contributed by atoms with Crippen molar-refractivity contribution in [3.8, 4) is 0 Å². The molecule has 0 rings (SSSR count). The van der Waals surface area contributed by atoms with Crippen molar-refractivity contribution in [2.45, 2.75) is 53.4 Å². The molecule has 80 valence electrons. The molecule has 0 aromatic carbocycles. The largest absolute Gasteiger partial charge is 0.330 e. The van der Waals surface area contributed by atoms with Crippen molar-refractivity contribution in [3.63, 3.8) is 0 Å². The highest BCUT2D eigenvalue weighted by Gasteiger charge is 2.08. The highest BCUT2D eigenvalue weighted by Crippen LogP contribution is 2.18. The molecule has 2 N–H and O–H groups in total. The minimum Gasteiger partial charge on any atom is -0.330 e. The summed E-state index contributed by atoms with van der Waals surface area (Å²) in [4.78, 5) is 0. The molecule has 1 nitrogen and oxygen atoms in total. The Morgan fingerprint density at radius 1 is 0.923 bits per heavy atom. The van der Waals surface area contributed by atoms with Gasteiger partial charge in [0.1, 0.15) is 0 Å². The van der Waals surface area contributed by atoms with Gasteiger partial charge in [-0.15, -0.1) is 0 Å². The second-order valence-electron chi connectivity index (χ2n) is 5.06. The molecule has 13 heavy (non-hydrogen) atoms. The van der Waals surface area contributed by atoms with Crippen LogP contribution in [0.2, 0.25) is 0 Å². The molecule has 0 saturated carbocycles. The Labute approximate surface area is 84.1 Å². The maximum atomic E-state index is 5.74. The van der Waals surface area contributed by atoms with Crippen molar-refractivity contribution < 1.29 is 0 Å². The van der Waals surface area contributed by atoms with Gasteiger partial charge in [-0.2, -0.15) is 0 Å². The minimum absolute atomic E-state index is 0.763. The molecule has 0 heterocycles. The van der Waals surface area contributed by atoms with Gasteiger partial charge >= 0.3 is 0 Å². The van der Waals surface area contributed by atoms with Crippen LogP contribution >= 0.6 is 0 Å². The van der Waals surface area contributed by atoms with E-state index < -0.39 is 0 Å². The normalized spacial score (nSPS) is 14.1. The van der Waals surface area contributed by atoms with Gasteiger partial charge in [0.25, 0.3) is 0 Å². The first kappa shape index (κ1) is 13.0. The third kappa shape index (κ3) is 8.29. The van der Waals surface area contributed by atoms with Gasteiger partial charge in [0.2, 0.25) is 0 Å². The molecular formula is C12H27N. The average molecular weight is 185 g/mol. The first-order valence-corrected chi connectivity index (χ1v) is 5.76. The van der Waals surface area contributed by atoms with E-state index in [1.165, 1.54) is 25.7 Å².